The van der Waals surface area contributed by atoms with Crippen molar-refractivity contribution in [3.05, 3.63) is 72.0 Å². The van der Waals surface area contributed by atoms with Gasteiger partial charge in [-0.25, -0.2) is 4.39 Å². The maximum absolute atomic E-state index is 13.1. The van der Waals surface area contributed by atoms with Gasteiger partial charge in [-0.2, -0.15) is 0 Å². The molecule has 0 saturated carbocycles. The normalized spacial score (nSPS) is 15.6. The van der Waals surface area contributed by atoms with Crippen molar-refractivity contribution in [2.45, 2.75) is 6.54 Å². The number of benzene rings is 3. The SMILES string of the molecule is Oc1ccc2ccccc2c1CN1CCN(c2ccc(F)cc2)CC1. The summed E-state index contributed by atoms with van der Waals surface area (Å²) in [5.74, 6) is 0.161. The molecule has 0 aliphatic carbocycles. The molecule has 0 unspecified atom stereocenters. The standard InChI is InChI=1S/C21H21FN2O/c22-17-6-8-18(9-7-17)24-13-11-23(12-14-24)15-20-19-4-2-1-3-16(19)5-10-21(20)25/h1-10,25H,11-15H2. The number of halogens is 1. The summed E-state index contributed by atoms with van der Waals surface area (Å²) in [7, 11) is 0. The zero-order valence-corrected chi connectivity index (χ0v) is 14.0. The first-order chi connectivity index (χ1) is 12.2. The summed E-state index contributed by atoms with van der Waals surface area (Å²) in [4.78, 5) is 4.64. The lowest BCUT2D eigenvalue weighted by Crippen LogP contribution is -2.46. The van der Waals surface area contributed by atoms with E-state index in [9.17, 15) is 9.50 Å². The first-order valence-electron chi connectivity index (χ1n) is 8.63. The van der Waals surface area contributed by atoms with Crippen LogP contribution in [0.15, 0.2) is 60.7 Å². The van der Waals surface area contributed by atoms with E-state index in [1.807, 2.05) is 30.3 Å². The van der Waals surface area contributed by atoms with E-state index in [0.717, 1.165) is 54.7 Å². The van der Waals surface area contributed by atoms with Crippen LogP contribution in [0.5, 0.6) is 5.75 Å². The number of phenols is 1. The third-order valence-corrected chi connectivity index (χ3v) is 4.96. The van der Waals surface area contributed by atoms with Crippen molar-refractivity contribution < 1.29 is 9.50 Å². The lowest BCUT2D eigenvalue weighted by atomic mass is 10.0. The predicted molar refractivity (Wildman–Crippen MR) is 99.5 cm³/mol. The largest absolute Gasteiger partial charge is 0.508 e. The number of nitrogens with zero attached hydrogens (tertiary/aromatic N) is 2. The van der Waals surface area contributed by atoms with Crippen molar-refractivity contribution in [2.75, 3.05) is 31.1 Å². The van der Waals surface area contributed by atoms with E-state index in [2.05, 4.69) is 21.9 Å². The predicted octanol–water partition coefficient (Wildman–Crippen LogP) is 4.01. The highest BCUT2D eigenvalue weighted by Gasteiger charge is 2.19. The molecule has 3 nitrogen and oxygen atoms in total. The highest BCUT2D eigenvalue weighted by Crippen LogP contribution is 2.29. The molecule has 0 atom stereocenters. The fourth-order valence-corrected chi connectivity index (χ4v) is 3.53. The van der Waals surface area contributed by atoms with Gasteiger partial charge in [0.25, 0.3) is 0 Å². The minimum atomic E-state index is -0.200. The van der Waals surface area contributed by atoms with Crippen LogP contribution < -0.4 is 4.90 Å². The molecule has 0 aromatic heterocycles. The van der Waals surface area contributed by atoms with Gasteiger partial charge in [0.2, 0.25) is 0 Å². The summed E-state index contributed by atoms with van der Waals surface area (Å²) in [6.07, 6.45) is 0. The van der Waals surface area contributed by atoms with Crippen LogP contribution in [0.3, 0.4) is 0 Å². The Morgan fingerprint density at radius 1 is 0.840 bits per heavy atom. The van der Waals surface area contributed by atoms with Crippen molar-refractivity contribution in [3.63, 3.8) is 0 Å². The van der Waals surface area contributed by atoms with Gasteiger partial charge in [-0.15, -0.1) is 0 Å². The number of fused-ring (bicyclic) bond motifs is 1. The molecule has 1 heterocycles. The van der Waals surface area contributed by atoms with Crippen molar-refractivity contribution in [2.24, 2.45) is 0 Å². The summed E-state index contributed by atoms with van der Waals surface area (Å²) in [5.41, 5.74) is 2.06. The molecule has 128 valence electrons. The van der Waals surface area contributed by atoms with Gasteiger partial charge in [-0.05, 0) is 41.1 Å². The molecule has 0 radical (unpaired) electrons. The lowest BCUT2D eigenvalue weighted by molar-refractivity contribution is 0.247. The van der Waals surface area contributed by atoms with Crippen molar-refractivity contribution in [1.29, 1.82) is 0 Å². The van der Waals surface area contributed by atoms with E-state index in [4.69, 9.17) is 0 Å². The lowest BCUT2D eigenvalue weighted by Gasteiger charge is -2.36. The van der Waals surface area contributed by atoms with Crippen LogP contribution in [0.25, 0.3) is 10.8 Å². The quantitative estimate of drug-likeness (QED) is 0.783. The summed E-state index contributed by atoms with van der Waals surface area (Å²) in [6.45, 7) is 4.37. The molecule has 3 aromatic carbocycles. The number of piperazine rings is 1. The summed E-state index contributed by atoms with van der Waals surface area (Å²) >= 11 is 0. The molecule has 4 rings (SSSR count). The van der Waals surface area contributed by atoms with Crippen molar-refractivity contribution in [3.8, 4) is 5.75 Å². The van der Waals surface area contributed by atoms with Crippen LogP contribution in [-0.2, 0) is 6.54 Å². The molecule has 25 heavy (non-hydrogen) atoms. The Kier molecular flexibility index (Phi) is 4.28. The number of anilines is 1. The molecular formula is C21H21FN2O. The second kappa shape index (κ2) is 6.73. The third-order valence-electron chi connectivity index (χ3n) is 4.96. The van der Waals surface area contributed by atoms with E-state index < -0.39 is 0 Å². The zero-order valence-electron chi connectivity index (χ0n) is 14.0. The maximum atomic E-state index is 13.1. The van der Waals surface area contributed by atoms with Crippen LogP contribution in [0, 0.1) is 5.82 Å². The Bertz CT molecular complexity index is 871. The fraction of sp³-hybridized carbons (Fsp3) is 0.238. The Morgan fingerprint density at radius 3 is 2.32 bits per heavy atom. The van der Waals surface area contributed by atoms with Gasteiger partial charge in [0.15, 0.2) is 0 Å². The topological polar surface area (TPSA) is 26.7 Å². The minimum absolute atomic E-state index is 0.200. The van der Waals surface area contributed by atoms with Crippen LogP contribution in [0.1, 0.15) is 5.56 Å². The van der Waals surface area contributed by atoms with E-state index in [1.54, 1.807) is 6.07 Å². The third kappa shape index (κ3) is 3.30. The maximum Gasteiger partial charge on any atom is 0.123 e. The first-order valence-corrected chi connectivity index (χ1v) is 8.63. The molecule has 1 aliphatic heterocycles. The van der Waals surface area contributed by atoms with Crippen LogP contribution in [0.4, 0.5) is 10.1 Å². The van der Waals surface area contributed by atoms with E-state index in [1.165, 1.54) is 12.1 Å². The van der Waals surface area contributed by atoms with Gasteiger partial charge >= 0.3 is 0 Å². The number of phenolic OH excluding ortho intramolecular Hbond substituents is 1. The fourth-order valence-electron chi connectivity index (χ4n) is 3.53. The molecule has 0 bridgehead atoms. The van der Waals surface area contributed by atoms with Gasteiger partial charge in [0, 0.05) is 44.0 Å². The molecule has 1 aliphatic rings. The number of rotatable bonds is 3. The van der Waals surface area contributed by atoms with Crippen LogP contribution in [-0.4, -0.2) is 36.2 Å². The molecule has 1 saturated heterocycles. The summed E-state index contributed by atoms with van der Waals surface area (Å²) < 4.78 is 13.1. The van der Waals surface area contributed by atoms with E-state index in [-0.39, 0.29) is 5.82 Å². The Hall–Kier alpha value is -2.59. The smallest absolute Gasteiger partial charge is 0.123 e. The Labute approximate surface area is 146 Å². The van der Waals surface area contributed by atoms with Gasteiger partial charge in [-0.3, -0.25) is 4.90 Å². The number of hydrogen-bond donors (Lipinski definition) is 1. The number of hydrogen-bond acceptors (Lipinski definition) is 3. The molecule has 0 amide bonds. The van der Waals surface area contributed by atoms with Crippen molar-refractivity contribution >= 4 is 16.5 Å². The highest BCUT2D eigenvalue weighted by molar-refractivity contribution is 5.87. The molecule has 1 N–H and O–H groups in total. The molecule has 0 spiro atoms. The Balaban J connectivity index is 1.47. The highest BCUT2D eigenvalue weighted by atomic mass is 19.1. The zero-order chi connectivity index (χ0) is 17.2. The minimum Gasteiger partial charge on any atom is -0.508 e. The molecule has 3 aromatic rings. The summed E-state index contributed by atoms with van der Waals surface area (Å²) in [6, 6.07) is 18.6. The van der Waals surface area contributed by atoms with Crippen LogP contribution >= 0.6 is 0 Å². The van der Waals surface area contributed by atoms with Crippen molar-refractivity contribution in [1.82, 2.24) is 4.90 Å². The van der Waals surface area contributed by atoms with E-state index >= 15 is 0 Å². The van der Waals surface area contributed by atoms with E-state index in [0.29, 0.717) is 5.75 Å². The number of aromatic hydroxyl groups is 1. The molecular weight excluding hydrogens is 315 g/mol. The first kappa shape index (κ1) is 15.9. The second-order valence-corrected chi connectivity index (χ2v) is 6.52. The monoisotopic (exact) mass is 336 g/mol. The molecule has 1 fully saturated rings. The van der Waals surface area contributed by atoms with Gasteiger partial charge in [0.05, 0.1) is 0 Å². The van der Waals surface area contributed by atoms with Gasteiger partial charge in [-0.1, -0.05) is 30.3 Å². The average molecular weight is 336 g/mol. The van der Waals surface area contributed by atoms with Gasteiger partial charge in [0.1, 0.15) is 11.6 Å². The van der Waals surface area contributed by atoms with Crippen LogP contribution in [0.2, 0.25) is 0 Å². The summed E-state index contributed by atoms with van der Waals surface area (Å²) in [5, 5.41) is 12.6. The second-order valence-electron chi connectivity index (χ2n) is 6.52. The van der Waals surface area contributed by atoms with Gasteiger partial charge < -0.3 is 10.0 Å². The Morgan fingerprint density at radius 2 is 1.56 bits per heavy atom. The molecule has 4 heteroatoms. The average Bonchev–Trinajstić information content (AvgIpc) is 2.65.